The molecule has 30 heavy (non-hydrogen) atoms. The van der Waals surface area contributed by atoms with Gasteiger partial charge in [-0.05, 0) is 41.5 Å². The molecule has 0 unspecified atom stereocenters. The number of halogens is 2. The van der Waals surface area contributed by atoms with Gasteiger partial charge in [-0.15, -0.1) is 0 Å². The first-order chi connectivity index (χ1) is 14.5. The van der Waals surface area contributed by atoms with E-state index in [-0.39, 0.29) is 12.1 Å². The van der Waals surface area contributed by atoms with E-state index in [1.807, 2.05) is 12.3 Å². The predicted molar refractivity (Wildman–Crippen MR) is 111 cm³/mol. The topological polar surface area (TPSA) is 52.7 Å². The van der Waals surface area contributed by atoms with Crippen LogP contribution in [0.3, 0.4) is 0 Å². The van der Waals surface area contributed by atoms with Crippen molar-refractivity contribution in [1.29, 1.82) is 0 Å². The van der Waals surface area contributed by atoms with E-state index in [0.717, 1.165) is 17.1 Å². The van der Waals surface area contributed by atoms with Crippen LogP contribution >= 0.6 is 0 Å². The van der Waals surface area contributed by atoms with Crippen molar-refractivity contribution < 1.29 is 8.78 Å². The average Bonchev–Trinajstić information content (AvgIpc) is 3.12. The average molecular weight is 402 g/mol. The summed E-state index contributed by atoms with van der Waals surface area (Å²) < 4.78 is 33.0. The Bertz CT molecular complexity index is 1460. The van der Waals surface area contributed by atoms with Gasteiger partial charge < -0.3 is 4.57 Å². The molecule has 0 spiro atoms. The molecule has 0 radical (unpaired) electrons. The van der Waals surface area contributed by atoms with Crippen molar-refractivity contribution in [3.05, 3.63) is 94.5 Å². The van der Waals surface area contributed by atoms with Crippen molar-refractivity contribution in [2.45, 2.75) is 6.54 Å². The highest BCUT2D eigenvalue weighted by atomic mass is 19.1. The molecule has 0 atom stereocenters. The third-order valence-electron chi connectivity index (χ3n) is 5.19. The molecule has 0 aliphatic rings. The van der Waals surface area contributed by atoms with E-state index in [2.05, 4.69) is 10.1 Å². The SMILES string of the molecule is Cn1cc2c(-c3cc(F)c(Cn4c(=O)cnc5ccccc54)c(F)c3)cccc2n1. The fraction of sp³-hybridized carbons (Fsp3) is 0.0870. The first-order valence-electron chi connectivity index (χ1n) is 9.36. The monoisotopic (exact) mass is 402 g/mol. The molecule has 2 heterocycles. The van der Waals surface area contributed by atoms with Gasteiger partial charge in [0, 0.05) is 24.2 Å². The van der Waals surface area contributed by atoms with Crippen LogP contribution in [-0.2, 0) is 13.6 Å². The molecule has 5 aromatic rings. The Kier molecular flexibility index (Phi) is 4.17. The fourth-order valence-corrected chi connectivity index (χ4v) is 3.76. The van der Waals surface area contributed by atoms with Crippen molar-refractivity contribution in [1.82, 2.24) is 19.3 Å². The summed E-state index contributed by atoms with van der Waals surface area (Å²) in [6.45, 7) is -0.225. The molecule has 5 nitrogen and oxygen atoms in total. The molecule has 0 fully saturated rings. The number of aryl methyl sites for hydroxylation is 1. The third kappa shape index (κ3) is 2.95. The second kappa shape index (κ2) is 6.88. The van der Waals surface area contributed by atoms with Crippen LogP contribution < -0.4 is 5.56 Å². The molecule has 2 aromatic heterocycles. The molecule has 0 amide bonds. The number of fused-ring (bicyclic) bond motifs is 2. The first-order valence-corrected chi connectivity index (χ1v) is 9.36. The van der Waals surface area contributed by atoms with E-state index >= 15 is 8.78 Å². The molecule has 0 saturated heterocycles. The van der Waals surface area contributed by atoms with Crippen molar-refractivity contribution in [3.63, 3.8) is 0 Å². The second-order valence-electron chi connectivity index (χ2n) is 7.13. The molecule has 148 valence electrons. The predicted octanol–water partition coefficient (Wildman–Crippen LogP) is 4.28. The van der Waals surface area contributed by atoms with Crippen LogP contribution in [0.1, 0.15) is 5.56 Å². The molecule has 0 saturated carbocycles. The zero-order valence-electron chi connectivity index (χ0n) is 16.0. The minimum absolute atomic E-state index is 0.171. The second-order valence-corrected chi connectivity index (χ2v) is 7.13. The van der Waals surface area contributed by atoms with Crippen LogP contribution in [0.4, 0.5) is 8.78 Å². The number of aromatic nitrogens is 4. The number of para-hydroxylation sites is 2. The Morgan fingerprint density at radius 3 is 2.50 bits per heavy atom. The highest BCUT2D eigenvalue weighted by Gasteiger charge is 2.16. The molecule has 5 rings (SSSR count). The normalized spacial score (nSPS) is 11.4. The highest BCUT2D eigenvalue weighted by Crippen LogP contribution is 2.30. The van der Waals surface area contributed by atoms with Gasteiger partial charge in [-0.1, -0.05) is 24.3 Å². The molecule has 0 aliphatic carbocycles. The van der Waals surface area contributed by atoms with Crippen LogP contribution in [0, 0.1) is 11.6 Å². The Hall–Kier alpha value is -3.87. The lowest BCUT2D eigenvalue weighted by Gasteiger charge is -2.13. The maximum absolute atomic E-state index is 15.0. The van der Waals surface area contributed by atoms with Gasteiger partial charge in [-0.25, -0.2) is 13.8 Å². The van der Waals surface area contributed by atoms with Crippen LogP contribution in [0.15, 0.2) is 71.8 Å². The summed E-state index contributed by atoms with van der Waals surface area (Å²) in [4.78, 5) is 16.4. The van der Waals surface area contributed by atoms with E-state index < -0.39 is 17.2 Å². The number of benzene rings is 3. The summed E-state index contributed by atoms with van der Waals surface area (Å²) in [5.41, 5.74) is 2.36. The summed E-state index contributed by atoms with van der Waals surface area (Å²) in [6, 6.07) is 15.1. The maximum Gasteiger partial charge on any atom is 0.269 e. The molecule has 0 aliphatic heterocycles. The summed E-state index contributed by atoms with van der Waals surface area (Å²) >= 11 is 0. The molecular formula is C23H16F2N4O. The zero-order chi connectivity index (χ0) is 20.8. The highest BCUT2D eigenvalue weighted by molar-refractivity contribution is 5.94. The van der Waals surface area contributed by atoms with Crippen molar-refractivity contribution >= 4 is 21.9 Å². The minimum atomic E-state index is -0.710. The molecule has 0 bridgehead atoms. The van der Waals surface area contributed by atoms with Crippen LogP contribution in [-0.4, -0.2) is 19.3 Å². The van der Waals surface area contributed by atoms with Crippen LogP contribution in [0.5, 0.6) is 0 Å². The maximum atomic E-state index is 15.0. The van der Waals surface area contributed by atoms with Gasteiger partial charge in [-0.2, -0.15) is 5.10 Å². The zero-order valence-corrected chi connectivity index (χ0v) is 16.0. The van der Waals surface area contributed by atoms with E-state index in [1.165, 1.54) is 16.7 Å². The van der Waals surface area contributed by atoms with Gasteiger partial charge in [0.25, 0.3) is 5.56 Å². The Morgan fingerprint density at radius 2 is 1.70 bits per heavy atom. The number of hydrogen-bond donors (Lipinski definition) is 0. The van der Waals surface area contributed by atoms with Gasteiger partial charge in [-0.3, -0.25) is 9.48 Å². The lowest BCUT2D eigenvalue weighted by atomic mass is 10.00. The Labute approximate surface area is 169 Å². The lowest BCUT2D eigenvalue weighted by Crippen LogP contribution is -2.22. The van der Waals surface area contributed by atoms with E-state index in [4.69, 9.17) is 0 Å². The summed E-state index contributed by atoms with van der Waals surface area (Å²) in [5, 5.41) is 5.15. The van der Waals surface area contributed by atoms with Crippen LogP contribution in [0.25, 0.3) is 33.1 Å². The molecule has 3 aromatic carbocycles. The summed E-state index contributed by atoms with van der Waals surface area (Å²) in [7, 11) is 1.80. The van der Waals surface area contributed by atoms with Crippen molar-refractivity contribution in [2.24, 2.45) is 7.05 Å². The van der Waals surface area contributed by atoms with Gasteiger partial charge in [0.1, 0.15) is 11.6 Å². The van der Waals surface area contributed by atoms with Crippen molar-refractivity contribution in [3.8, 4) is 11.1 Å². The van der Waals surface area contributed by atoms with Gasteiger partial charge in [0.05, 0.1) is 29.3 Å². The quantitative estimate of drug-likeness (QED) is 0.453. The Balaban J connectivity index is 1.63. The largest absolute Gasteiger partial charge is 0.301 e. The number of nitrogens with zero attached hydrogens (tertiary/aromatic N) is 4. The van der Waals surface area contributed by atoms with Gasteiger partial charge >= 0.3 is 0 Å². The smallest absolute Gasteiger partial charge is 0.269 e. The minimum Gasteiger partial charge on any atom is -0.301 e. The summed E-state index contributed by atoms with van der Waals surface area (Å²) in [6.07, 6.45) is 2.98. The standard InChI is InChI=1S/C23H16F2N4O/c1-28-12-16-15(5-4-7-20(16)27-28)14-9-18(24)17(19(25)10-14)13-29-22-8-3-2-6-21(22)26-11-23(29)30/h2-12H,13H2,1H3. The van der Waals surface area contributed by atoms with Gasteiger partial charge in [0.15, 0.2) is 0 Å². The molecule has 7 heteroatoms. The fourth-order valence-electron chi connectivity index (χ4n) is 3.76. The summed E-state index contributed by atoms with van der Waals surface area (Å²) in [5.74, 6) is -1.42. The van der Waals surface area contributed by atoms with E-state index in [1.54, 1.807) is 48.1 Å². The molecular weight excluding hydrogens is 386 g/mol. The first kappa shape index (κ1) is 18.2. The molecule has 0 N–H and O–H groups in total. The van der Waals surface area contributed by atoms with E-state index in [9.17, 15) is 4.79 Å². The Morgan fingerprint density at radius 1 is 0.967 bits per heavy atom. The lowest BCUT2D eigenvalue weighted by molar-refractivity contribution is 0.545. The number of rotatable bonds is 3. The van der Waals surface area contributed by atoms with Crippen LogP contribution in [0.2, 0.25) is 0 Å². The van der Waals surface area contributed by atoms with E-state index in [0.29, 0.717) is 22.2 Å². The third-order valence-corrected chi connectivity index (χ3v) is 5.19. The van der Waals surface area contributed by atoms with Gasteiger partial charge in [0.2, 0.25) is 0 Å². The van der Waals surface area contributed by atoms with Crippen molar-refractivity contribution in [2.75, 3.05) is 0 Å². The number of hydrogen-bond acceptors (Lipinski definition) is 3.